The molecule has 122 valence electrons. The van der Waals surface area contributed by atoms with Crippen LogP contribution in [0.15, 0.2) is 59.4 Å². The Morgan fingerprint density at radius 2 is 1.58 bits per heavy atom. The fraction of sp³-hybridized carbons (Fsp3) is 0.300. The highest BCUT2D eigenvalue weighted by Gasteiger charge is 2.25. The molecular weight excluding hydrogens is 316 g/mol. The van der Waals surface area contributed by atoms with Crippen molar-refractivity contribution in [2.75, 3.05) is 0 Å². The van der Waals surface area contributed by atoms with Crippen molar-refractivity contribution in [2.45, 2.75) is 37.6 Å². The first kappa shape index (κ1) is 15.3. The molecule has 24 heavy (non-hydrogen) atoms. The molecule has 0 bridgehead atoms. The zero-order valence-electron chi connectivity index (χ0n) is 13.4. The molecule has 0 unspecified atom stereocenters. The van der Waals surface area contributed by atoms with E-state index in [2.05, 4.69) is 35.3 Å². The summed E-state index contributed by atoms with van der Waals surface area (Å²) in [5.41, 5.74) is 2.27. The van der Waals surface area contributed by atoms with Crippen LogP contribution in [0.4, 0.5) is 0 Å². The summed E-state index contributed by atoms with van der Waals surface area (Å²) in [5, 5.41) is 0.719. The van der Waals surface area contributed by atoms with E-state index in [0.717, 1.165) is 36.6 Å². The molecule has 2 aromatic carbocycles. The minimum absolute atomic E-state index is 0.0394. The first-order chi connectivity index (χ1) is 11.7. The lowest BCUT2D eigenvalue weighted by Gasteiger charge is -2.30. The Hall–Kier alpha value is -2.20. The van der Waals surface area contributed by atoms with E-state index < -0.39 is 0 Å². The lowest BCUT2D eigenvalue weighted by Crippen LogP contribution is -2.29. The molecule has 1 fully saturated rings. The molecule has 3 aromatic rings. The summed E-state index contributed by atoms with van der Waals surface area (Å²) in [6.45, 7) is 0. The monoisotopic (exact) mass is 336 g/mol. The van der Waals surface area contributed by atoms with Gasteiger partial charge < -0.3 is 4.98 Å². The van der Waals surface area contributed by atoms with Crippen molar-refractivity contribution in [1.82, 2.24) is 9.55 Å². The Morgan fingerprint density at radius 1 is 0.917 bits per heavy atom. The van der Waals surface area contributed by atoms with Crippen molar-refractivity contribution in [1.29, 1.82) is 0 Å². The fourth-order valence-electron chi connectivity index (χ4n) is 3.90. The molecule has 1 aliphatic rings. The summed E-state index contributed by atoms with van der Waals surface area (Å²) in [5.74, 6) is 0.594. The summed E-state index contributed by atoms with van der Waals surface area (Å²) >= 11 is 5.48. The number of fused-ring (bicyclic) bond motifs is 1. The Labute approximate surface area is 146 Å². The minimum atomic E-state index is 0.0394. The molecule has 0 aliphatic heterocycles. The van der Waals surface area contributed by atoms with Crippen molar-refractivity contribution >= 4 is 23.1 Å². The highest BCUT2D eigenvalue weighted by Crippen LogP contribution is 2.37. The highest BCUT2D eigenvalue weighted by molar-refractivity contribution is 7.71. The molecule has 1 saturated carbocycles. The number of H-pyrrole nitrogens is 1. The van der Waals surface area contributed by atoms with Gasteiger partial charge in [0.1, 0.15) is 0 Å². The number of nitrogens with one attached hydrogen (secondary N) is 1. The van der Waals surface area contributed by atoms with Crippen LogP contribution in [0.25, 0.3) is 10.9 Å². The van der Waals surface area contributed by atoms with E-state index in [1.807, 2.05) is 24.3 Å². The van der Waals surface area contributed by atoms with E-state index in [1.54, 1.807) is 4.57 Å². The number of hydrogen-bond acceptors (Lipinski definition) is 2. The molecule has 0 amide bonds. The lowest BCUT2D eigenvalue weighted by atomic mass is 9.81. The number of nitrogens with zero attached hydrogens (tertiary/aromatic N) is 1. The van der Waals surface area contributed by atoms with Crippen LogP contribution in [0.1, 0.15) is 43.2 Å². The Balaban J connectivity index is 1.63. The summed E-state index contributed by atoms with van der Waals surface area (Å²) in [6.07, 6.45) is 4.19. The average Bonchev–Trinajstić information content (AvgIpc) is 2.63. The molecule has 4 heteroatoms. The SMILES string of the molecule is O=c1c2ccccc2[nH]c(=S)n1C1CCC(c2ccccc2)CC1. The van der Waals surface area contributed by atoms with Gasteiger partial charge in [-0.1, -0.05) is 42.5 Å². The molecule has 0 spiro atoms. The summed E-state index contributed by atoms with van der Waals surface area (Å²) in [7, 11) is 0. The second-order valence-corrected chi connectivity index (χ2v) is 6.95. The van der Waals surface area contributed by atoms with E-state index in [9.17, 15) is 4.79 Å². The van der Waals surface area contributed by atoms with Gasteiger partial charge in [0.2, 0.25) is 0 Å². The smallest absolute Gasteiger partial charge is 0.262 e. The van der Waals surface area contributed by atoms with E-state index in [4.69, 9.17) is 12.2 Å². The standard InChI is InChI=1S/C20H20N2OS/c23-19-17-8-4-5-9-18(17)21-20(24)22(19)16-12-10-15(11-13-16)14-6-2-1-3-7-14/h1-9,15-16H,10-13H2,(H,21,24). The van der Waals surface area contributed by atoms with Crippen LogP contribution < -0.4 is 5.56 Å². The maximum atomic E-state index is 12.9. The average molecular weight is 336 g/mol. The van der Waals surface area contributed by atoms with Gasteiger partial charge in [-0.05, 0) is 61.5 Å². The highest BCUT2D eigenvalue weighted by atomic mass is 32.1. The van der Waals surface area contributed by atoms with Gasteiger partial charge in [-0.3, -0.25) is 9.36 Å². The number of hydrogen-bond donors (Lipinski definition) is 1. The van der Waals surface area contributed by atoms with Crippen LogP contribution in [0.3, 0.4) is 0 Å². The van der Waals surface area contributed by atoms with E-state index >= 15 is 0 Å². The largest absolute Gasteiger partial charge is 0.332 e. The first-order valence-electron chi connectivity index (χ1n) is 8.52. The minimum Gasteiger partial charge on any atom is -0.332 e. The van der Waals surface area contributed by atoms with Crippen molar-refractivity contribution < 1.29 is 0 Å². The molecular formula is C20H20N2OS. The second-order valence-electron chi connectivity index (χ2n) is 6.57. The zero-order chi connectivity index (χ0) is 16.5. The van der Waals surface area contributed by atoms with Crippen molar-refractivity contribution in [3.8, 4) is 0 Å². The van der Waals surface area contributed by atoms with Crippen LogP contribution in [0.5, 0.6) is 0 Å². The number of benzene rings is 2. The van der Waals surface area contributed by atoms with Crippen molar-refractivity contribution in [3.05, 3.63) is 75.3 Å². The molecule has 1 aromatic heterocycles. The third-order valence-corrected chi connectivity index (χ3v) is 5.47. The second kappa shape index (κ2) is 6.36. The molecule has 1 heterocycles. The van der Waals surface area contributed by atoms with Crippen molar-refractivity contribution in [2.24, 2.45) is 0 Å². The van der Waals surface area contributed by atoms with E-state index in [0.29, 0.717) is 10.7 Å². The van der Waals surface area contributed by atoms with Crippen LogP contribution in [-0.2, 0) is 0 Å². The van der Waals surface area contributed by atoms with Gasteiger partial charge in [0, 0.05) is 6.04 Å². The van der Waals surface area contributed by atoms with Crippen LogP contribution in [-0.4, -0.2) is 9.55 Å². The van der Waals surface area contributed by atoms with Gasteiger partial charge >= 0.3 is 0 Å². The first-order valence-corrected chi connectivity index (χ1v) is 8.93. The molecule has 1 N–H and O–H groups in total. The molecule has 4 rings (SSSR count). The predicted octanol–water partition coefficient (Wildman–Crippen LogP) is 4.96. The van der Waals surface area contributed by atoms with Gasteiger partial charge in [0.05, 0.1) is 10.9 Å². The third kappa shape index (κ3) is 2.71. The van der Waals surface area contributed by atoms with Gasteiger partial charge in [-0.2, -0.15) is 0 Å². The molecule has 3 nitrogen and oxygen atoms in total. The number of aromatic amines is 1. The van der Waals surface area contributed by atoms with Gasteiger partial charge in [-0.25, -0.2) is 0 Å². The Bertz CT molecular complexity index is 966. The van der Waals surface area contributed by atoms with Gasteiger partial charge in [-0.15, -0.1) is 0 Å². The summed E-state index contributed by atoms with van der Waals surface area (Å²) in [4.78, 5) is 16.1. The molecule has 0 radical (unpaired) electrons. The van der Waals surface area contributed by atoms with E-state index in [1.165, 1.54) is 5.56 Å². The topological polar surface area (TPSA) is 37.8 Å². The number of para-hydroxylation sites is 1. The van der Waals surface area contributed by atoms with Crippen LogP contribution in [0, 0.1) is 4.77 Å². The zero-order valence-corrected chi connectivity index (χ0v) is 14.3. The quantitative estimate of drug-likeness (QED) is 0.672. The third-order valence-electron chi connectivity index (χ3n) is 5.17. The maximum Gasteiger partial charge on any atom is 0.262 e. The molecule has 0 atom stereocenters. The van der Waals surface area contributed by atoms with Gasteiger partial charge in [0.15, 0.2) is 4.77 Å². The van der Waals surface area contributed by atoms with E-state index in [-0.39, 0.29) is 11.6 Å². The predicted molar refractivity (Wildman–Crippen MR) is 100 cm³/mol. The normalized spacial score (nSPS) is 21.0. The van der Waals surface area contributed by atoms with Gasteiger partial charge in [0.25, 0.3) is 5.56 Å². The summed E-state index contributed by atoms with van der Waals surface area (Å²) < 4.78 is 2.35. The lowest BCUT2D eigenvalue weighted by molar-refractivity contribution is 0.314. The van der Waals surface area contributed by atoms with Crippen LogP contribution in [0.2, 0.25) is 0 Å². The summed E-state index contributed by atoms with van der Waals surface area (Å²) in [6, 6.07) is 18.5. The fourth-order valence-corrected chi connectivity index (χ4v) is 4.24. The van der Waals surface area contributed by atoms with Crippen LogP contribution >= 0.6 is 12.2 Å². The van der Waals surface area contributed by atoms with Crippen molar-refractivity contribution in [3.63, 3.8) is 0 Å². The maximum absolute atomic E-state index is 12.9. The number of rotatable bonds is 2. The number of aromatic nitrogens is 2. The Morgan fingerprint density at radius 3 is 2.33 bits per heavy atom. The Kier molecular flexibility index (Phi) is 4.07. The molecule has 1 aliphatic carbocycles. The molecule has 0 saturated heterocycles.